The maximum Gasteiger partial charge on any atom is 0.255 e. The number of anilines is 1. The van der Waals surface area contributed by atoms with Crippen LogP contribution in [0.5, 0.6) is 0 Å². The van der Waals surface area contributed by atoms with Gasteiger partial charge in [0.15, 0.2) is 5.58 Å². The summed E-state index contributed by atoms with van der Waals surface area (Å²) in [4.78, 5) is 20.8. The number of halogens is 1. The first kappa shape index (κ1) is 15.0. The van der Waals surface area contributed by atoms with Crippen LogP contribution in [-0.4, -0.2) is 15.9 Å². The summed E-state index contributed by atoms with van der Waals surface area (Å²) in [5, 5.41) is 2.71. The number of nitrogens with zero attached hydrogens (tertiary/aromatic N) is 2. The minimum atomic E-state index is -0.357. The average molecular weight is 333 g/mol. The lowest BCUT2D eigenvalue weighted by molar-refractivity contribution is 0.102. The predicted molar refractivity (Wildman–Crippen MR) is 91.6 cm³/mol. The van der Waals surface area contributed by atoms with E-state index in [1.54, 1.807) is 36.7 Å². The molecular formula is C19H12FN3O2. The molecule has 0 aliphatic heterocycles. The van der Waals surface area contributed by atoms with Gasteiger partial charge in [0.05, 0.1) is 5.56 Å². The van der Waals surface area contributed by atoms with E-state index in [2.05, 4.69) is 15.3 Å². The first-order valence-corrected chi connectivity index (χ1v) is 7.57. The molecule has 0 aliphatic carbocycles. The number of hydrogen-bond donors (Lipinski definition) is 1. The number of carbonyl (C=O) groups is 1. The summed E-state index contributed by atoms with van der Waals surface area (Å²) in [6.07, 6.45) is 3.33. The Morgan fingerprint density at radius 2 is 1.92 bits per heavy atom. The van der Waals surface area contributed by atoms with E-state index in [1.165, 1.54) is 24.3 Å². The van der Waals surface area contributed by atoms with Gasteiger partial charge in [0.1, 0.15) is 11.3 Å². The zero-order chi connectivity index (χ0) is 17.2. The van der Waals surface area contributed by atoms with Crippen LogP contribution in [0.2, 0.25) is 0 Å². The highest BCUT2D eigenvalue weighted by atomic mass is 19.1. The molecule has 4 aromatic rings. The number of carbonyl (C=O) groups excluding carboxylic acids is 1. The van der Waals surface area contributed by atoms with Gasteiger partial charge in [-0.1, -0.05) is 0 Å². The maximum atomic E-state index is 12.9. The fraction of sp³-hybridized carbons (Fsp3) is 0. The van der Waals surface area contributed by atoms with E-state index in [-0.39, 0.29) is 11.7 Å². The van der Waals surface area contributed by atoms with Crippen LogP contribution in [0.3, 0.4) is 0 Å². The van der Waals surface area contributed by atoms with Crippen molar-refractivity contribution in [1.82, 2.24) is 9.97 Å². The maximum absolute atomic E-state index is 12.9. The van der Waals surface area contributed by atoms with Crippen LogP contribution in [0.25, 0.3) is 22.6 Å². The molecular weight excluding hydrogens is 321 g/mol. The summed E-state index contributed by atoms with van der Waals surface area (Å²) in [7, 11) is 0. The Hall–Kier alpha value is -3.54. The second kappa shape index (κ2) is 6.16. The van der Waals surface area contributed by atoms with Gasteiger partial charge in [-0.05, 0) is 54.6 Å². The van der Waals surface area contributed by atoms with Gasteiger partial charge >= 0.3 is 0 Å². The van der Waals surface area contributed by atoms with Crippen molar-refractivity contribution in [3.8, 4) is 11.5 Å². The lowest BCUT2D eigenvalue weighted by atomic mass is 10.2. The van der Waals surface area contributed by atoms with Crippen LogP contribution in [0.15, 0.2) is 71.4 Å². The van der Waals surface area contributed by atoms with Crippen LogP contribution >= 0.6 is 0 Å². The molecule has 0 atom stereocenters. The standard InChI is InChI=1S/C19H12FN3O2/c20-14-4-6-15(7-5-14)22-18(24)12-3-8-17-16(10-12)23-19(25-17)13-2-1-9-21-11-13/h1-11H,(H,22,24). The molecule has 1 amide bonds. The molecule has 0 bridgehead atoms. The minimum Gasteiger partial charge on any atom is -0.436 e. The molecule has 6 heteroatoms. The number of fused-ring (bicyclic) bond motifs is 1. The summed E-state index contributed by atoms with van der Waals surface area (Å²) in [6.45, 7) is 0. The van der Waals surface area contributed by atoms with E-state index < -0.39 is 0 Å². The topological polar surface area (TPSA) is 68.0 Å². The first-order valence-electron chi connectivity index (χ1n) is 7.57. The van der Waals surface area contributed by atoms with Crippen molar-refractivity contribution in [2.75, 3.05) is 5.32 Å². The highest BCUT2D eigenvalue weighted by Gasteiger charge is 2.12. The van der Waals surface area contributed by atoms with E-state index in [4.69, 9.17) is 4.42 Å². The Kier molecular flexibility index (Phi) is 3.70. The van der Waals surface area contributed by atoms with E-state index in [0.717, 1.165) is 5.56 Å². The Labute approximate surface area is 142 Å². The molecule has 0 saturated heterocycles. The smallest absolute Gasteiger partial charge is 0.255 e. The summed E-state index contributed by atoms with van der Waals surface area (Å²) < 4.78 is 18.6. The lowest BCUT2D eigenvalue weighted by Crippen LogP contribution is -2.11. The fourth-order valence-corrected chi connectivity index (χ4v) is 2.42. The monoisotopic (exact) mass is 333 g/mol. The molecule has 0 aliphatic rings. The number of aromatic nitrogens is 2. The quantitative estimate of drug-likeness (QED) is 0.607. The number of nitrogens with one attached hydrogen (secondary N) is 1. The van der Waals surface area contributed by atoms with Gasteiger partial charge in [-0.3, -0.25) is 9.78 Å². The molecule has 2 aromatic heterocycles. The summed E-state index contributed by atoms with van der Waals surface area (Å²) in [6, 6.07) is 14.2. The molecule has 0 radical (unpaired) electrons. The number of hydrogen-bond acceptors (Lipinski definition) is 4. The molecule has 0 fully saturated rings. The van der Waals surface area contributed by atoms with Crippen molar-refractivity contribution in [3.05, 3.63) is 78.4 Å². The summed E-state index contributed by atoms with van der Waals surface area (Å²) in [5.74, 6) is -0.219. The van der Waals surface area contributed by atoms with Gasteiger partial charge in [-0.25, -0.2) is 9.37 Å². The van der Waals surface area contributed by atoms with Crippen molar-refractivity contribution in [1.29, 1.82) is 0 Å². The number of rotatable bonds is 3. The Morgan fingerprint density at radius 1 is 1.08 bits per heavy atom. The van der Waals surface area contributed by atoms with Gasteiger partial charge in [-0.2, -0.15) is 0 Å². The number of oxazole rings is 1. The van der Waals surface area contributed by atoms with E-state index in [1.807, 2.05) is 6.07 Å². The van der Waals surface area contributed by atoms with Crippen LogP contribution < -0.4 is 5.32 Å². The van der Waals surface area contributed by atoms with Crippen LogP contribution in [-0.2, 0) is 0 Å². The van der Waals surface area contributed by atoms with Crippen molar-refractivity contribution in [2.24, 2.45) is 0 Å². The van der Waals surface area contributed by atoms with E-state index in [0.29, 0.717) is 28.2 Å². The first-order chi connectivity index (χ1) is 12.2. The van der Waals surface area contributed by atoms with Gasteiger partial charge in [0.2, 0.25) is 5.89 Å². The lowest BCUT2D eigenvalue weighted by Gasteiger charge is -2.04. The van der Waals surface area contributed by atoms with E-state index >= 15 is 0 Å². The molecule has 4 rings (SSSR count). The zero-order valence-electron chi connectivity index (χ0n) is 12.9. The SMILES string of the molecule is O=C(Nc1ccc(F)cc1)c1ccc2oc(-c3cccnc3)nc2c1. The molecule has 0 unspecified atom stereocenters. The van der Waals surface area contributed by atoms with Crippen LogP contribution in [0.4, 0.5) is 10.1 Å². The number of pyridine rings is 1. The second-order valence-corrected chi connectivity index (χ2v) is 5.40. The van der Waals surface area contributed by atoms with Gasteiger partial charge in [0.25, 0.3) is 5.91 Å². The summed E-state index contributed by atoms with van der Waals surface area (Å²) >= 11 is 0. The van der Waals surface area contributed by atoms with Gasteiger partial charge in [-0.15, -0.1) is 0 Å². The molecule has 5 nitrogen and oxygen atoms in total. The fourth-order valence-electron chi connectivity index (χ4n) is 2.42. The Morgan fingerprint density at radius 3 is 2.68 bits per heavy atom. The molecule has 25 heavy (non-hydrogen) atoms. The predicted octanol–water partition coefficient (Wildman–Crippen LogP) is 4.28. The highest BCUT2D eigenvalue weighted by molar-refractivity contribution is 6.05. The van der Waals surface area contributed by atoms with Crippen LogP contribution in [0.1, 0.15) is 10.4 Å². The third-order valence-corrected chi connectivity index (χ3v) is 3.66. The Bertz CT molecular complexity index is 1040. The van der Waals surface area contributed by atoms with Gasteiger partial charge in [0, 0.05) is 23.6 Å². The molecule has 1 N–H and O–H groups in total. The number of benzene rings is 2. The molecule has 0 spiro atoms. The van der Waals surface area contributed by atoms with Crippen molar-refractivity contribution < 1.29 is 13.6 Å². The molecule has 2 heterocycles. The minimum absolute atomic E-state index is 0.306. The van der Waals surface area contributed by atoms with Gasteiger partial charge < -0.3 is 9.73 Å². The van der Waals surface area contributed by atoms with Crippen molar-refractivity contribution in [3.63, 3.8) is 0 Å². The van der Waals surface area contributed by atoms with E-state index in [9.17, 15) is 9.18 Å². The third-order valence-electron chi connectivity index (χ3n) is 3.66. The largest absolute Gasteiger partial charge is 0.436 e. The highest BCUT2D eigenvalue weighted by Crippen LogP contribution is 2.24. The average Bonchev–Trinajstić information content (AvgIpc) is 3.07. The van der Waals surface area contributed by atoms with Crippen molar-refractivity contribution in [2.45, 2.75) is 0 Å². The second-order valence-electron chi connectivity index (χ2n) is 5.40. The van der Waals surface area contributed by atoms with Crippen LogP contribution in [0, 0.1) is 5.82 Å². The third kappa shape index (κ3) is 3.10. The Balaban J connectivity index is 1.62. The zero-order valence-corrected chi connectivity index (χ0v) is 12.9. The van der Waals surface area contributed by atoms with Crippen molar-refractivity contribution >= 4 is 22.7 Å². The normalized spacial score (nSPS) is 10.8. The number of amides is 1. The molecule has 122 valence electrons. The summed E-state index contributed by atoms with van der Waals surface area (Å²) in [5.41, 5.74) is 2.87. The molecule has 2 aromatic carbocycles. The molecule has 0 saturated carbocycles.